The van der Waals surface area contributed by atoms with E-state index in [9.17, 15) is 0 Å². The summed E-state index contributed by atoms with van der Waals surface area (Å²) >= 11 is 0. The zero-order valence-corrected chi connectivity index (χ0v) is 19.4. The van der Waals surface area contributed by atoms with Crippen LogP contribution in [0.1, 0.15) is 6.42 Å². The van der Waals surface area contributed by atoms with Crippen LogP contribution in [-0.2, 0) is 35.4 Å². The average molecular weight is 461 g/mol. The number of methoxy groups -OCH3 is 1. The molecule has 0 spiro atoms. The van der Waals surface area contributed by atoms with Gasteiger partial charge in [-0.25, -0.2) is 6.08 Å². The number of benzene rings is 1. The first-order valence-corrected chi connectivity index (χ1v) is 10.6. The summed E-state index contributed by atoms with van der Waals surface area (Å²) in [6, 6.07) is 14.7. The summed E-state index contributed by atoms with van der Waals surface area (Å²) in [6.45, 7) is 6.46. The van der Waals surface area contributed by atoms with Crippen molar-refractivity contribution in [2.24, 2.45) is 0 Å². The van der Waals surface area contributed by atoms with Crippen molar-refractivity contribution in [2.45, 2.75) is 26.1 Å². The van der Waals surface area contributed by atoms with Crippen LogP contribution in [-0.4, -0.2) is 15.4 Å². The van der Waals surface area contributed by atoms with Crippen LogP contribution in [0.25, 0.3) is 10.8 Å². The predicted molar refractivity (Wildman–Crippen MR) is 90.4 cm³/mol. The fourth-order valence-electron chi connectivity index (χ4n) is 2.08. The first-order valence-electron chi connectivity index (χ1n) is 7.14. The first kappa shape index (κ1) is 25.8. The number of allylic oxidation sites excluding steroid dienone is 2. The van der Waals surface area contributed by atoms with E-state index in [-0.39, 0.29) is 51.0 Å². The van der Waals surface area contributed by atoms with Crippen molar-refractivity contribution in [3.8, 4) is 0 Å². The molecular weight excluding hydrogens is 438 g/mol. The van der Waals surface area contributed by atoms with Gasteiger partial charge in [0.2, 0.25) is 8.32 Å². The van der Waals surface area contributed by atoms with E-state index in [1.54, 1.807) is 7.11 Å². The first-order chi connectivity index (χ1) is 9.99. The van der Waals surface area contributed by atoms with Crippen LogP contribution in [0.2, 0.25) is 19.6 Å². The van der Waals surface area contributed by atoms with E-state index in [2.05, 4.69) is 68.2 Å². The summed E-state index contributed by atoms with van der Waals surface area (Å²) in [5.74, 6) is 1.63. The number of hydrogen-bond acceptors (Lipinski definition) is 2. The summed E-state index contributed by atoms with van der Waals surface area (Å²) in [7, 11) is 0.158. The molecule has 1 aliphatic rings. The molecule has 0 bridgehead atoms. The Morgan fingerprint density at radius 2 is 1.75 bits per heavy atom. The molecule has 6 heteroatoms. The molecule has 2 aromatic rings. The number of rotatable bonds is 3. The molecule has 0 saturated carbocycles. The maximum Gasteiger partial charge on any atom is 4.00 e. The van der Waals surface area contributed by atoms with Gasteiger partial charge in [-0.2, -0.15) is 17.5 Å². The molecule has 0 N–H and O–H groups in total. The van der Waals surface area contributed by atoms with E-state index in [4.69, 9.17) is 9.16 Å². The van der Waals surface area contributed by atoms with Crippen LogP contribution in [0.3, 0.4) is 0 Å². The topological polar surface area (TPSA) is 18.5 Å². The Bertz CT molecular complexity index is 630. The molecule has 0 unspecified atom stereocenters. The third-order valence-electron chi connectivity index (χ3n) is 2.94. The van der Waals surface area contributed by atoms with Crippen molar-refractivity contribution in [3.63, 3.8) is 0 Å². The van der Waals surface area contributed by atoms with Gasteiger partial charge in [0.05, 0.1) is 7.11 Å². The van der Waals surface area contributed by atoms with E-state index in [1.165, 1.54) is 10.8 Å². The molecule has 24 heavy (non-hydrogen) atoms. The maximum absolute atomic E-state index is 5.78. The standard InChI is InChI=1S/C9H15O2Si.C9H7.2ClH.Zr/c1-10-8-6-5-7-9(8)11-12(2,3)4;1-2-5-9-7-3-6-8(9)4-1;;;/h7H,5H2,1-4H3;1-7H;2*1H;/q2*-1;;;+4/p-2. The monoisotopic (exact) mass is 458 g/mol. The van der Waals surface area contributed by atoms with Crippen molar-refractivity contribution in [2.75, 3.05) is 7.11 Å². The van der Waals surface area contributed by atoms with Crippen LogP contribution in [0, 0.1) is 6.08 Å². The third kappa shape index (κ3) is 8.11. The molecule has 0 amide bonds. The smallest absolute Gasteiger partial charge is 1.00 e. The summed E-state index contributed by atoms with van der Waals surface area (Å²) in [4.78, 5) is 0. The fraction of sp³-hybridized carbons (Fsp3) is 0.278. The van der Waals surface area contributed by atoms with E-state index in [0.29, 0.717) is 0 Å². The van der Waals surface area contributed by atoms with Gasteiger partial charge >= 0.3 is 26.2 Å². The van der Waals surface area contributed by atoms with Gasteiger partial charge in [-0.15, -0.1) is 42.1 Å². The fourth-order valence-corrected chi connectivity index (χ4v) is 2.91. The molecule has 0 heterocycles. The molecule has 0 fully saturated rings. The van der Waals surface area contributed by atoms with Gasteiger partial charge in [-0.3, -0.25) is 0 Å². The Kier molecular flexibility index (Phi) is 12.9. The molecule has 3 rings (SSSR count). The molecule has 0 atom stereocenters. The Morgan fingerprint density at radius 1 is 1.08 bits per heavy atom. The zero-order chi connectivity index (χ0) is 15.3. The molecule has 128 valence electrons. The Hall–Kier alpha value is -0.410. The second-order valence-corrected chi connectivity index (χ2v) is 10.3. The van der Waals surface area contributed by atoms with Gasteiger partial charge < -0.3 is 34.0 Å². The predicted octanol–water partition coefficient (Wildman–Crippen LogP) is -0.977. The third-order valence-corrected chi connectivity index (χ3v) is 3.77. The summed E-state index contributed by atoms with van der Waals surface area (Å²) in [5.41, 5.74) is 0. The molecule has 0 aliphatic heterocycles. The Labute approximate surface area is 177 Å². The normalized spacial score (nSPS) is 12.3. The van der Waals surface area contributed by atoms with Gasteiger partial charge in [0.1, 0.15) is 0 Å². The van der Waals surface area contributed by atoms with Crippen LogP contribution < -0.4 is 24.8 Å². The molecule has 0 aromatic heterocycles. The van der Waals surface area contributed by atoms with Crippen LogP contribution in [0.4, 0.5) is 0 Å². The minimum absolute atomic E-state index is 0. The second-order valence-electron chi connectivity index (χ2n) is 5.85. The van der Waals surface area contributed by atoms with Gasteiger partial charge in [-0.1, -0.05) is 6.07 Å². The minimum atomic E-state index is -1.49. The van der Waals surface area contributed by atoms with Gasteiger partial charge in [0.25, 0.3) is 0 Å². The number of hydrogen-bond donors (Lipinski definition) is 0. The van der Waals surface area contributed by atoms with Crippen LogP contribution in [0.15, 0.2) is 60.1 Å². The molecule has 2 aromatic carbocycles. The van der Waals surface area contributed by atoms with Crippen molar-refractivity contribution < 1.29 is 60.2 Å². The van der Waals surface area contributed by atoms with Gasteiger partial charge in [0, 0.05) is 0 Å². The number of fused-ring (bicyclic) bond motifs is 1. The molecule has 0 radical (unpaired) electrons. The minimum Gasteiger partial charge on any atom is -1.00 e. The van der Waals surface area contributed by atoms with Crippen LogP contribution in [0.5, 0.6) is 0 Å². The zero-order valence-electron chi connectivity index (χ0n) is 14.4. The van der Waals surface area contributed by atoms with Crippen molar-refractivity contribution in [1.29, 1.82) is 0 Å². The number of ether oxygens (including phenoxy) is 1. The largest absolute Gasteiger partial charge is 4.00 e. The Morgan fingerprint density at radius 3 is 2.33 bits per heavy atom. The molecular formula is C18H22Cl2O2SiZr. The molecule has 0 saturated heterocycles. The van der Waals surface area contributed by atoms with Crippen molar-refractivity contribution in [3.05, 3.63) is 66.1 Å². The van der Waals surface area contributed by atoms with Crippen LogP contribution >= 0.6 is 0 Å². The second kappa shape index (κ2) is 12.0. The molecule has 1 aliphatic carbocycles. The van der Waals surface area contributed by atoms with Gasteiger partial charge in [-0.05, 0) is 31.2 Å². The summed E-state index contributed by atoms with van der Waals surface area (Å²) in [5, 5.41) is 2.66. The van der Waals surface area contributed by atoms with Crippen molar-refractivity contribution in [1.82, 2.24) is 0 Å². The average Bonchev–Trinajstić information content (AvgIpc) is 3.05. The summed E-state index contributed by atoms with van der Waals surface area (Å²) in [6.07, 6.45) is 5.90. The van der Waals surface area contributed by atoms with Crippen molar-refractivity contribution >= 4 is 19.1 Å². The van der Waals surface area contributed by atoms with Gasteiger partial charge in [0.15, 0.2) is 0 Å². The number of halogens is 2. The molecule has 2 nitrogen and oxygen atoms in total. The maximum atomic E-state index is 5.78. The summed E-state index contributed by atoms with van der Waals surface area (Å²) < 4.78 is 10.9. The Balaban J connectivity index is 0. The van der Waals surface area contributed by atoms with E-state index < -0.39 is 8.32 Å². The van der Waals surface area contributed by atoms with E-state index in [1.807, 2.05) is 6.08 Å². The van der Waals surface area contributed by atoms with E-state index >= 15 is 0 Å². The SMILES string of the molecule is COC1=[C-]CC=C1O[Si](C)(C)C.[Cl-].[Cl-].[Zr+4].c1ccc2[cH-]ccc2c1. The van der Waals surface area contributed by atoms with E-state index in [0.717, 1.165) is 17.9 Å². The quantitative estimate of drug-likeness (QED) is 0.433.